The number of hydrogen-bond donors (Lipinski definition) is 0. The van der Waals surface area contributed by atoms with Crippen molar-refractivity contribution in [2.24, 2.45) is 0 Å². The third-order valence-corrected chi connectivity index (χ3v) is 10.7. The van der Waals surface area contributed by atoms with Crippen LogP contribution in [0.5, 0.6) is 0 Å². The van der Waals surface area contributed by atoms with Gasteiger partial charge in [-0.25, -0.2) is 24.9 Å². The number of nitrogens with zero attached hydrogens (tertiary/aromatic N) is 5. The predicted octanol–water partition coefficient (Wildman–Crippen LogP) is 13.4. The van der Waals surface area contributed by atoms with Crippen molar-refractivity contribution in [3.8, 4) is 79.3 Å². The van der Waals surface area contributed by atoms with Crippen LogP contribution >= 0.6 is 0 Å². The number of benzene rings is 8. The smallest absolute Gasteiger partial charge is 0.227 e. The second-order valence-corrected chi connectivity index (χ2v) is 14.5. The Bertz CT molecular complexity index is 2980. The summed E-state index contributed by atoms with van der Waals surface area (Å²) in [5.41, 5.74) is 11.1. The third kappa shape index (κ3) is 6.39. The fourth-order valence-electron chi connectivity index (χ4n) is 7.83. The summed E-state index contributed by atoms with van der Waals surface area (Å²) in [7, 11) is 0. The molecule has 3 heterocycles. The van der Waals surface area contributed by atoms with Gasteiger partial charge in [0, 0.05) is 49.7 Å². The molecule has 11 rings (SSSR count). The predicted molar refractivity (Wildman–Crippen MR) is 238 cm³/mol. The second-order valence-electron chi connectivity index (χ2n) is 14.5. The summed E-state index contributed by atoms with van der Waals surface area (Å²) < 4.78 is 6.85. The minimum absolute atomic E-state index is 0.505. The Morgan fingerprint density at radius 2 is 0.627 bits per heavy atom. The maximum Gasteiger partial charge on any atom is 0.227 e. The van der Waals surface area contributed by atoms with E-state index >= 15 is 0 Å². The van der Waals surface area contributed by atoms with Gasteiger partial charge in [0.05, 0.1) is 22.8 Å². The van der Waals surface area contributed by atoms with E-state index in [1.54, 1.807) is 0 Å². The fourth-order valence-corrected chi connectivity index (χ4v) is 7.83. The molecule has 0 saturated carbocycles. The Balaban J connectivity index is 1.19. The van der Waals surface area contributed by atoms with Crippen molar-refractivity contribution in [1.82, 2.24) is 24.9 Å². The summed E-state index contributed by atoms with van der Waals surface area (Å²) in [6.45, 7) is 0. The van der Waals surface area contributed by atoms with Crippen LogP contribution in [-0.2, 0) is 0 Å². The molecular formula is C53H33N5O. The molecule has 0 amide bonds. The van der Waals surface area contributed by atoms with Gasteiger partial charge in [-0.1, -0.05) is 170 Å². The zero-order chi connectivity index (χ0) is 39.1. The summed E-state index contributed by atoms with van der Waals surface area (Å²) in [5.74, 6) is 1.77. The molecule has 0 bridgehead atoms. The number of fused-ring (bicyclic) bond motifs is 6. The molecule has 8 aromatic carbocycles. The van der Waals surface area contributed by atoms with E-state index in [1.807, 2.05) is 103 Å². The number of rotatable bonds is 7. The van der Waals surface area contributed by atoms with Crippen molar-refractivity contribution >= 4 is 32.6 Å². The van der Waals surface area contributed by atoms with Gasteiger partial charge in [0.1, 0.15) is 5.52 Å². The van der Waals surface area contributed by atoms with Crippen LogP contribution in [0.15, 0.2) is 205 Å². The van der Waals surface area contributed by atoms with Crippen LogP contribution < -0.4 is 0 Å². The van der Waals surface area contributed by atoms with E-state index < -0.39 is 0 Å². The molecule has 0 unspecified atom stereocenters. The van der Waals surface area contributed by atoms with Crippen molar-refractivity contribution in [3.05, 3.63) is 200 Å². The first-order valence-corrected chi connectivity index (χ1v) is 19.6. The van der Waals surface area contributed by atoms with Gasteiger partial charge in [0.25, 0.3) is 0 Å². The van der Waals surface area contributed by atoms with E-state index in [-0.39, 0.29) is 0 Å². The van der Waals surface area contributed by atoms with Gasteiger partial charge in [-0.15, -0.1) is 0 Å². The molecule has 6 nitrogen and oxygen atoms in total. The van der Waals surface area contributed by atoms with Crippen molar-refractivity contribution in [3.63, 3.8) is 0 Å². The summed E-state index contributed by atoms with van der Waals surface area (Å²) in [6.07, 6.45) is 0. The zero-order valence-corrected chi connectivity index (χ0v) is 31.7. The Kier molecular flexibility index (Phi) is 8.37. The lowest BCUT2D eigenvalue weighted by molar-refractivity contribution is 0.623. The van der Waals surface area contributed by atoms with Gasteiger partial charge in [0.2, 0.25) is 5.89 Å². The Morgan fingerprint density at radius 3 is 1.10 bits per heavy atom. The van der Waals surface area contributed by atoms with E-state index in [9.17, 15) is 0 Å². The highest BCUT2D eigenvalue weighted by Crippen LogP contribution is 2.40. The van der Waals surface area contributed by atoms with Crippen LogP contribution in [0, 0.1) is 0 Å². The Hall–Kier alpha value is -8.09. The quantitative estimate of drug-likeness (QED) is 0.151. The highest BCUT2D eigenvalue weighted by atomic mass is 16.3. The lowest BCUT2D eigenvalue weighted by atomic mass is 9.98. The number of aromatic nitrogens is 5. The van der Waals surface area contributed by atoms with E-state index in [0.29, 0.717) is 17.5 Å². The van der Waals surface area contributed by atoms with Crippen molar-refractivity contribution in [2.75, 3.05) is 0 Å². The molecule has 6 heteroatoms. The molecule has 0 fully saturated rings. The molecule has 0 aliphatic carbocycles. The van der Waals surface area contributed by atoms with Crippen LogP contribution in [0.4, 0.5) is 0 Å². The Labute approximate surface area is 340 Å². The topological polar surface area (TPSA) is 77.6 Å². The van der Waals surface area contributed by atoms with Crippen molar-refractivity contribution in [1.29, 1.82) is 0 Å². The van der Waals surface area contributed by atoms with Crippen LogP contribution in [0.3, 0.4) is 0 Å². The van der Waals surface area contributed by atoms with Gasteiger partial charge in [-0.3, -0.25) is 0 Å². The Morgan fingerprint density at radius 1 is 0.271 bits per heavy atom. The first-order chi connectivity index (χ1) is 29.2. The molecular weight excluding hydrogens is 723 g/mol. The molecule has 0 radical (unpaired) electrons. The summed E-state index contributed by atoms with van der Waals surface area (Å²) in [4.78, 5) is 25.9. The first kappa shape index (κ1) is 34.2. The molecule has 0 aliphatic rings. The maximum atomic E-state index is 6.85. The standard InChI is InChI=1S/C53H33N5O/c1-5-17-34(18-6-1)45-32-47(56-51(54-45)36-21-9-3-10-22-36)38-29-39(48-33-46(35-19-7-2-8-20-35)55-52(57-48)37-23-11-4-12-24-37)31-40(30-38)53-58-49-43-27-15-13-25-41(43)42-26-14-16-28-44(42)50(49)59-53/h1-33H. The molecule has 59 heavy (non-hydrogen) atoms. The lowest BCUT2D eigenvalue weighted by Gasteiger charge is -2.13. The largest absolute Gasteiger partial charge is 0.435 e. The minimum Gasteiger partial charge on any atom is -0.435 e. The lowest BCUT2D eigenvalue weighted by Crippen LogP contribution is -1.98. The third-order valence-electron chi connectivity index (χ3n) is 10.7. The van der Waals surface area contributed by atoms with Gasteiger partial charge >= 0.3 is 0 Å². The van der Waals surface area contributed by atoms with Gasteiger partial charge < -0.3 is 4.42 Å². The summed E-state index contributed by atoms with van der Waals surface area (Å²) >= 11 is 0. The van der Waals surface area contributed by atoms with Crippen LogP contribution in [-0.4, -0.2) is 24.9 Å². The second kappa shape index (κ2) is 14.4. The highest BCUT2D eigenvalue weighted by molar-refractivity contribution is 6.22. The maximum absolute atomic E-state index is 6.85. The fraction of sp³-hybridized carbons (Fsp3) is 0. The average molecular weight is 756 g/mol. The van der Waals surface area contributed by atoms with E-state index in [1.165, 1.54) is 0 Å². The van der Waals surface area contributed by atoms with Crippen molar-refractivity contribution < 1.29 is 4.42 Å². The minimum atomic E-state index is 0.505. The zero-order valence-electron chi connectivity index (χ0n) is 31.7. The molecule has 0 spiro atoms. The molecule has 276 valence electrons. The number of oxazole rings is 1. The molecule has 0 aliphatic heterocycles. The number of hydrogen-bond acceptors (Lipinski definition) is 6. The van der Waals surface area contributed by atoms with Gasteiger partial charge in [-0.2, -0.15) is 0 Å². The first-order valence-electron chi connectivity index (χ1n) is 19.6. The summed E-state index contributed by atoms with van der Waals surface area (Å²) in [5, 5.41) is 4.32. The molecule has 0 saturated heterocycles. The van der Waals surface area contributed by atoms with Crippen LogP contribution in [0.2, 0.25) is 0 Å². The summed E-state index contributed by atoms with van der Waals surface area (Å²) in [6, 6.07) is 67.9. The van der Waals surface area contributed by atoms with Gasteiger partial charge in [-0.05, 0) is 41.1 Å². The van der Waals surface area contributed by atoms with E-state index in [4.69, 9.17) is 29.3 Å². The monoisotopic (exact) mass is 755 g/mol. The van der Waals surface area contributed by atoms with E-state index in [2.05, 4.69) is 97.1 Å². The normalized spacial score (nSPS) is 11.4. The molecule has 0 atom stereocenters. The van der Waals surface area contributed by atoms with Crippen LogP contribution in [0.1, 0.15) is 0 Å². The highest BCUT2D eigenvalue weighted by Gasteiger charge is 2.20. The van der Waals surface area contributed by atoms with Crippen molar-refractivity contribution in [2.45, 2.75) is 0 Å². The van der Waals surface area contributed by atoms with Crippen LogP contribution in [0.25, 0.3) is 112 Å². The SMILES string of the molecule is c1ccc(-c2cc(-c3cc(-c4cc(-c5ccccc5)nc(-c5ccccc5)n4)cc(-c4nc5c6ccccc6c6ccccc6c5o4)c3)nc(-c3ccccc3)n2)cc1. The molecule has 0 N–H and O–H groups in total. The molecule has 3 aromatic heterocycles. The molecule has 11 aromatic rings. The van der Waals surface area contributed by atoms with E-state index in [0.717, 1.165) is 94.4 Å². The van der Waals surface area contributed by atoms with Gasteiger partial charge in [0.15, 0.2) is 17.2 Å². The average Bonchev–Trinajstić information content (AvgIpc) is 3.79.